The fraction of sp³-hybridized carbons (Fsp3) is 0.200. The Morgan fingerprint density at radius 1 is 1.09 bits per heavy atom. The number of rotatable bonds is 3. The minimum absolute atomic E-state index is 1.54. The van der Waals surface area contributed by atoms with Crippen LogP contribution in [-0.4, -0.2) is 13.4 Å². The van der Waals surface area contributed by atoms with E-state index in [1.54, 1.807) is 23.6 Å². The fourth-order valence-corrected chi connectivity index (χ4v) is 4.79. The van der Waals surface area contributed by atoms with E-state index in [-0.39, 0.29) is 0 Å². The second-order valence-corrected chi connectivity index (χ2v) is 16.1. The van der Waals surface area contributed by atoms with Crippen molar-refractivity contribution >= 4 is 57.7 Å². The first-order chi connectivity index (χ1) is 4.77. The molecule has 0 aliphatic heterocycles. The Balaban J connectivity index is 4.24. The van der Waals surface area contributed by atoms with E-state index in [4.69, 9.17) is 44.3 Å². The molecule has 0 nitrogen and oxygen atoms in total. The molecule has 0 radical (unpaired) electrons. The second-order valence-electron chi connectivity index (χ2n) is 2.17. The van der Waals surface area contributed by atoms with E-state index < -0.39 is 13.4 Å². The zero-order valence-electron chi connectivity index (χ0n) is 5.95. The van der Waals surface area contributed by atoms with Crippen molar-refractivity contribution < 1.29 is 0 Å². The SMILES string of the molecule is C=C[Si](Cl)(Cl)/C=C/[Si](C)(Cl)Cl. The molecule has 0 bridgehead atoms. The number of halogens is 4. The highest BCUT2D eigenvalue weighted by Crippen LogP contribution is 2.21. The van der Waals surface area contributed by atoms with E-state index in [1.807, 2.05) is 0 Å². The minimum atomic E-state index is -2.39. The molecule has 0 heterocycles. The molecule has 0 unspecified atom stereocenters. The quantitative estimate of drug-likeness (QED) is 0.538. The topological polar surface area (TPSA) is 0 Å². The van der Waals surface area contributed by atoms with E-state index in [0.717, 1.165) is 0 Å². The van der Waals surface area contributed by atoms with Crippen LogP contribution in [0.1, 0.15) is 0 Å². The van der Waals surface area contributed by atoms with E-state index in [0.29, 0.717) is 0 Å². The van der Waals surface area contributed by atoms with E-state index in [9.17, 15) is 0 Å². The molecule has 0 aromatic heterocycles. The van der Waals surface area contributed by atoms with Gasteiger partial charge in [0.05, 0.1) is 0 Å². The predicted octanol–water partition coefficient (Wildman–Crippen LogP) is 3.82. The molecule has 0 N–H and O–H groups in total. The summed E-state index contributed by atoms with van der Waals surface area (Å²) in [6, 6.07) is 0. The maximum Gasteiger partial charge on any atom is 0.295 e. The molecule has 64 valence electrons. The third-order valence-corrected chi connectivity index (χ3v) is 5.55. The van der Waals surface area contributed by atoms with Crippen LogP contribution < -0.4 is 0 Å². The van der Waals surface area contributed by atoms with Crippen molar-refractivity contribution in [2.24, 2.45) is 0 Å². The van der Waals surface area contributed by atoms with Crippen molar-refractivity contribution in [3.63, 3.8) is 0 Å². The van der Waals surface area contributed by atoms with Crippen LogP contribution >= 0.6 is 44.3 Å². The molecule has 0 aromatic carbocycles. The Kier molecular flexibility index (Phi) is 4.77. The summed E-state index contributed by atoms with van der Waals surface area (Å²) in [5.74, 6) is 0. The molecule has 0 atom stereocenters. The zero-order chi connectivity index (χ0) is 9.12. The van der Waals surface area contributed by atoms with Crippen LogP contribution in [-0.2, 0) is 0 Å². The molecule has 0 aromatic rings. The monoisotopic (exact) mass is 264 g/mol. The van der Waals surface area contributed by atoms with E-state index >= 15 is 0 Å². The highest BCUT2D eigenvalue weighted by Gasteiger charge is 2.23. The average molecular weight is 266 g/mol. The highest BCUT2D eigenvalue weighted by atomic mass is 35.7. The maximum absolute atomic E-state index is 5.83. The van der Waals surface area contributed by atoms with Crippen molar-refractivity contribution in [2.75, 3.05) is 0 Å². The van der Waals surface area contributed by atoms with Crippen LogP contribution in [0, 0.1) is 0 Å². The van der Waals surface area contributed by atoms with Crippen molar-refractivity contribution in [1.82, 2.24) is 0 Å². The smallest absolute Gasteiger partial charge is 0.141 e. The molecule has 0 aliphatic rings. The summed E-state index contributed by atoms with van der Waals surface area (Å²) in [7, 11) is 0. The average Bonchev–Trinajstić information content (AvgIpc) is 1.83. The Bertz CT molecular complexity index is 170. The predicted molar refractivity (Wildman–Crippen MR) is 60.1 cm³/mol. The molecule has 0 rings (SSSR count). The van der Waals surface area contributed by atoms with Gasteiger partial charge in [-0.1, -0.05) is 17.1 Å². The first-order valence-corrected chi connectivity index (χ1v) is 11.6. The van der Waals surface area contributed by atoms with Gasteiger partial charge in [-0.25, -0.2) is 0 Å². The Hall–Kier alpha value is 1.07. The molecule has 6 heteroatoms. The third-order valence-electron chi connectivity index (χ3n) is 0.870. The van der Waals surface area contributed by atoms with E-state index in [1.165, 1.54) is 0 Å². The number of hydrogen-bond acceptors (Lipinski definition) is 0. The van der Waals surface area contributed by atoms with Gasteiger partial charge >= 0.3 is 0 Å². The standard InChI is InChI=1S/C5H8Cl4Si2/c1-3-11(8,9)5-4-10(2,6)7/h3-5H,1H2,2H3/b5-4+. The Labute approximate surface area is 87.6 Å². The molecule has 0 saturated heterocycles. The molecule has 0 spiro atoms. The molecule has 0 saturated carbocycles. The van der Waals surface area contributed by atoms with Crippen LogP contribution in [0.15, 0.2) is 23.7 Å². The summed E-state index contributed by atoms with van der Waals surface area (Å²) in [6.45, 7) is 0.686. The van der Waals surface area contributed by atoms with Gasteiger partial charge in [0.2, 0.25) is 0 Å². The summed E-state index contributed by atoms with van der Waals surface area (Å²) < 4.78 is 0. The Morgan fingerprint density at radius 3 is 1.82 bits per heavy atom. The Morgan fingerprint density at radius 2 is 1.55 bits per heavy atom. The lowest BCUT2D eigenvalue weighted by atomic mass is 11.2. The first-order valence-electron chi connectivity index (χ1n) is 2.86. The third kappa shape index (κ3) is 7.43. The van der Waals surface area contributed by atoms with Crippen molar-refractivity contribution in [3.8, 4) is 0 Å². The van der Waals surface area contributed by atoms with Crippen LogP contribution in [0.2, 0.25) is 6.55 Å². The summed E-state index contributed by atoms with van der Waals surface area (Å²) in [4.78, 5) is 0. The van der Waals surface area contributed by atoms with E-state index in [2.05, 4.69) is 6.58 Å². The zero-order valence-corrected chi connectivity index (χ0v) is 11.0. The van der Waals surface area contributed by atoms with Crippen LogP contribution in [0.3, 0.4) is 0 Å². The van der Waals surface area contributed by atoms with Crippen LogP contribution in [0.25, 0.3) is 0 Å². The largest absolute Gasteiger partial charge is 0.295 e. The lowest BCUT2D eigenvalue weighted by molar-refractivity contribution is 2.15. The first kappa shape index (κ1) is 12.1. The van der Waals surface area contributed by atoms with Crippen molar-refractivity contribution in [2.45, 2.75) is 6.55 Å². The summed E-state index contributed by atoms with van der Waals surface area (Å²) in [5.41, 5.74) is 4.92. The van der Waals surface area contributed by atoms with Crippen molar-refractivity contribution in [3.05, 3.63) is 23.7 Å². The summed E-state index contributed by atoms with van der Waals surface area (Å²) in [5, 5.41) is 0. The van der Waals surface area contributed by atoms with Gasteiger partial charge in [0.15, 0.2) is 0 Å². The van der Waals surface area contributed by atoms with Crippen molar-refractivity contribution in [1.29, 1.82) is 0 Å². The molecular formula is C5H8Cl4Si2. The van der Waals surface area contributed by atoms with Gasteiger partial charge in [-0.2, -0.15) is 0 Å². The lowest BCUT2D eigenvalue weighted by Gasteiger charge is -2.06. The molecule has 0 aliphatic carbocycles. The van der Waals surface area contributed by atoms with Gasteiger partial charge in [0.25, 0.3) is 13.4 Å². The van der Waals surface area contributed by atoms with Gasteiger partial charge in [0.1, 0.15) is 0 Å². The maximum atomic E-state index is 5.83. The second kappa shape index (κ2) is 4.35. The molecular weight excluding hydrogens is 258 g/mol. The van der Waals surface area contributed by atoms with Gasteiger partial charge in [0, 0.05) is 0 Å². The van der Waals surface area contributed by atoms with Crippen LogP contribution in [0.4, 0.5) is 0 Å². The normalized spacial score (nSPS) is 13.9. The summed E-state index contributed by atoms with van der Waals surface area (Å²) in [6.07, 6.45) is 0. The lowest BCUT2D eigenvalue weighted by Crippen LogP contribution is -2.16. The van der Waals surface area contributed by atoms with Gasteiger partial charge in [-0.15, -0.1) is 50.9 Å². The van der Waals surface area contributed by atoms with Crippen LogP contribution in [0.5, 0.6) is 0 Å². The fourth-order valence-electron chi connectivity index (χ4n) is 0.325. The molecule has 11 heavy (non-hydrogen) atoms. The van der Waals surface area contributed by atoms with Gasteiger partial charge in [-0.3, -0.25) is 0 Å². The number of hydrogen-bond donors (Lipinski definition) is 0. The van der Waals surface area contributed by atoms with Gasteiger partial charge in [-0.05, 0) is 6.55 Å². The molecule has 0 amide bonds. The minimum Gasteiger partial charge on any atom is -0.141 e. The highest BCUT2D eigenvalue weighted by molar-refractivity contribution is 7.51. The molecule has 0 fully saturated rings. The van der Waals surface area contributed by atoms with Gasteiger partial charge < -0.3 is 0 Å². The summed E-state index contributed by atoms with van der Waals surface area (Å²) >= 11 is 23.2.